The molecule has 0 saturated heterocycles. The van der Waals surface area contributed by atoms with Crippen LogP contribution in [0.1, 0.15) is 76.6 Å². The molecule has 2 rings (SSSR count). The molecule has 11 heteroatoms. The second-order valence-corrected chi connectivity index (χ2v) is 10.9. The van der Waals surface area contributed by atoms with E-state index in [9.17, 15) is 27.9 Å². The molecule has 0 aromatic heterocycles. The maximum atomic E-state index is 14.0. The lowest BCUT2D eigenvalue weighted by molar-refractivity contribution is -0.142. The second-order valence-electron chi connectivity index (χ2n) is 10.9. The SMILES string of the molecule is CCCN(C)C[C@H]1OCCCC[C@H](C)Oc2ccc(NC(=O)CCC(F)(F)F)cc2C(=O)N([C@@H](C)CO)C[C@H]1C. The van der Waals surface area contributed by atoms with Gasteiger partial charge in [-0.3, -0.25) is 9.59 Å². The van der Waals surface area contributed by atoms with Crippen molar-refractivity contribution in [3.05, 3.63) is 23.8 Å². The van der Waals surface area contributed by atoms with Crippen molar-refractivity contribution in [2.45, 2.75) is 90.6 Å². The molecule has 0 spiro atoms. The number of anilines is 1. The van der Waals surface area contributed by atoms with Gasteiger partial charge in [-0.15, -0.1) is 0 Å². The van der Waals surface area contributed by atoms with Crippen LogP contribution in [0, 0.1) is 5.92 Å². The summed E-state index contributed by atoms with van der Waals surface area (Å²) in [7, 11) is 2.05. The van der Waals surface area contributed by atoms with Gasteiger partial charge in [-0.1, -0.05) is 13.8 Å². The van der Waals surface area contributed by atoms with E-state index in [1.165, 1.54) is 12.1 Å². The zero-order chi connectivity index (χ0) is 29.9. The van der Waals surface area contributed by atoms with Crippen LogP contribution in [0.5, 0.6) is 5.75 Å². The van der Waals surface area contributed by atoms with Crippen LogP contribution < -0.4 is 10.1 Å². The summed E-state index contributed by atoms with van der Waals surface area (Å²) in [5.41, 5.74) is 0.370. The smallest absolute Gasteiger partial charge is 0.389 e. The van der Waals surface area contributed by atoms with E-state index in [1.807, 2.05) is 20.9 Å². The van der Waals surface area contributed by atoms with Crippen molar-refractivity contribution in [3.63, 3.8) is 0 Å². The molecule has 0 saturated carbocycles. The molecule has 1 heterocycles. The van der Waals surface area contributed by atoms with Crippen molar-refractivity contribution >= 4 is 17.5 Å². The predicted octanol–water partition coefficient (Wildman–Crippen LogP) is 5.10. The number of likely N-dealkylation sites (N-methyl/N-ethyl adjacent to an activating group) is 1. The van der Waals surface area contributed by atoms with E-state index in [4.69, 9.17) is 9.47 Å². The Morgan fingerprint density at radius 3 is 2.65 bits per heavy atom. The van der Waals surface area contributed by atoms with E-state index in [2.05, 4.69) is 17.1 Å². The molecular weight excluding hydrogens is 527 g/mol. The molecule has 228 valence electrons. The van der Waals surface area contributed by atoms with Crippen LogP contribution in [0.2, 0.25) is 0 Å². The largest absolute Gasteiger partial charge is 0.490 e. The number of fused-ring (bicyclic) bond motifs is 1. The van der Waals surface area contributed by atoms with Crippen molar-refractivity contribution in [1.82, 2.24) is 9.80 Å². The number of hydrogen-bond acceptors (Lipinski definition) is 6. The topological polar surface area (TPSA) is 91.3 Å². The van der Waals surface area contributed by atoms with Gasteiger partial charge in [-0.25, -0.2) is 0 Å². The summed E-state index contributed by atoms with van der Waals surface area (Å²) in [5.74, 6) is -0.945. The molecule has 2 N–H and O–H groups in total. The highest BCUT2D eigenvalue weighted by Gasteiger charge is 2.31. The number of nitrogens with one attached hydrogen (secondary N) is 1. The number of rotatable bonds is 9. The highest BCUT2D eigenvalue weighted by Crippen LogP contribution is 2.29. The number of ether oxygens (including phenoxy) is 2. The Balaban J connectivity index is 2.42. The molecule has 2 amide bonds. The van der Waals surface area contributed by atoms with Gasteiger partial charge >= 0.3 is 6.18 Å². The molecule has 1 aromatic rings. The Morgan fingerprint density at radius 2 is 2.00 bits per heavy atom. The third kappa shape index (κ3) is 11.2. The highest BCUT2D eigenvalue weighted by molar-refractivity contribution is 5.99. The molecule has 1 aliphatic rings. The molecule has 8 nitrogen and oxygen atoms in total. The van der Waals surface area contributed by atoms with Crippen LogP contribution in [-0.2, 0) is 9.53 Å². The first-order valence-corrected chi connectivity index (χ1v) is 14.2. The third-order valence-electron chi connectivity index (χ3n) is 7.07. The Hall–Kier alpha value is -2.37. The van der Waals surface area contributed by atoms with E-state index in [-0.39, 0.29) is 36.0 Å². The monoisotopic (exact) mass is 573 g/mol. The van der Waals surface area contributed by atoms with Crippen molar-refractivity contribution < 1.29 is 37.3 Å². The number of nitrogens with zero attached hydrogens (tertiary/aromatic N) is 2. The summed E-state index contributed by atoms with van der Waals surface area (Å²) in [6, 6.07) is 3.99. The van der Waals surface area contributed by atoms with Crippen molar-refractivity contribution in [2.75, 3.05) is 45.2 Å². The normalized spacial score (nSPS) is 22.3. The van der Waals surface area contributed by atoms with Gasteiger partial charge < -0.3 is 29.7 Å². The minimum absolute atomic E-state index is 0.0613. The van der Waals surface area contributed by atoms with Crippen molar-refractivity contribution in [2.24, 2.45) is 5.92 Å². The lowest BCUT2D eigenvalue weighted by Gasteiger charge is -2.35. The first-order valence-electron chi connectivity index (χ1n) is 14.2. The molecular formula is C29H46F3N3O5. The number of benzene rings is 1. The quantitative estimate of drug-likeness (QED) is 0.427. The van der Waals surface area contributed by atoms with E-state index >= 15 is 0 Å². The summed E-state index contributed by atoms with van der Waals surface area (Å²) in [5, 5.41) is 12.5. The van der Waals surface area contributed by atoms with E-state index < -0.39 is 36.9 Å². The van der Waals surface area contributed by atoms with Gasteiger partial charge in [0.25, 0.3) is 5.91 Å². The highest BCUT2D eigenvalue weighted by atomic mass is 19.4. The number of alkyl halides is 3. The Labute approximate surface area is 236 Å². The third-order valence-corrected chi connectivity index (χ3v) is 7.07. The Kier molecular flexibility index (Phi) is 13.7. The van der Waals surface area contributed by atoms with E-state index in [1.54, 1.807) is 17.9 Å². The molecule has 1 aromatic carbocycles. The predicted molar refractivity (Wildman–Crippen MR) is 149 cm³/mol. The first kappa shape index (κ1) is 33.8. The molecule has 0 radical (unpaired) electrons. The van der Waals surface area contributed by atoms with Crippen LogP contribution in [0.15, 0.2) is 18.2 Å². The van der Waals surface area contributed by atoms with Gasteiger partial charge in [-0.2, -0.15) is 13.2 Å². The lowest BCUT2D eigenvalue weighted by Crippen LogP contribution is -2.47. The number of carbonyl (C=O) groups excluding carboxylic acids is 2. The summed E-state index contributed by atoms with van der Waals surface area (Å²) < 4.78 is 50.2. The van der Waals surface area contributed by atoms with E-state index in [0.29, 0.717) is 25.4 Å². The van der Waals surface area contributed by atoms with Gasteiger partial charge in [0.15, 0.2) is 0 Å². The van der Waals surface area contributed by atoms with Crippen LogP contribution in [0.3, 0.4) is 0 Å². The molecule has 0 unspecified atom stereocenters. The Morgan fingerprint density at radius 1 is 1.27 bits per heavy atom. The van der Waals surface area contributed by atoms with Crippen molar-refractivity contribution in [1.29, 1.82) is 0 Å². The fourth-order valence-corrected chi connectivity index (χ4v) is 4.72. The molecule has 0 aliphatic carbocycles. The molecule has 40 heavy (non-hydrogen) atoms. The second kappa shape index (κ2) is 16.2. The number of halogens is 3. The van der Waals surface area contributed by atoms with Crippen molar-refractivity contribution in [3.8, 4) is 5.75 Å². The number of carbonyl (C=O) groups is 2. The number of aliphatic hydroxyl groups is 1. The maximum absolute atomic E-state index is 14.0. The zero-order valence-corrected chi connectivity index (χ0v) is 24.4. The molecule has 1 aliphatic heterocycles. The van der Waals surface area contributed by atoms with Crippen LogP contribution >= 0.6 is 0 Å². The van der Waals surface area contributed by atoms with Gasteiger partial charge in [-0.05, 0) is 71.3 Å². The number of amides is 2. The fourth-order valence-electron chi connectivity index (χ4n) is 4.72. The summed E-state index contributed by atoms with van der Waals surface area (Å²) >= 11 is 0. The van der Waals surface area contributed by atoms with Gasteiger partial charge in [0.05, 0.1) is 36.8 Å². The Bertz CT molecular complexity index is 946. The standard InChI is InChI=1S/C29H46F3N3O5/c1-6-14-34(5)18-26-20(2)17-35(21(3)19-36)28(38)24-16-23(33-27(37)12-13-29(30,31)32)10-11-25(24)40-22(4)9-7-8-15-39-26/h10-11,16,20-22,26,36H,6-9,12-15,17-19H2,1-5H3,(H,33,37)/t20-,21+,22+,26-/m1/s1. The molecule has 0 fully saturated rings. The van der Waals surface area contributed by atoms with Crippen LogP contribution in [0.25, 0.3) is 0 Å². The number of hydrogen-bond donors (Lipinski definition) is 2. The van der Waals surface area contributed by atoms with Gasteiger partial charge in [0, 0.05) is 37.7 Å². The lowest BCUT2D eigenvalue weighted by atomic mass is 10.0. The average Bonchev–Trinajstić information content (AvgIpc) is 2.88. The fraction of sp³-hybridized carbons (Fsp3) is 0.724. The van der Waals surface area contributed by atoms with Gasteiger partial charge in [0.2, 0.25) is 5.91 Å². The first-order chi connectivity index (χ1) is 18.8. The summed E-state index contributed by atoms with van der Waals surface area (Å²) in [4.78, 5) is 30.0. The minimum Gasteiger partial charge on any atom is -0.490 e. The van der Waals surface area contributed by atoms with Crippen LogP contribution in [-0.4, -0.2) is 91.0 Å². The average molecular weight is 574 g/mol. The molecule has 0 bridgehead atoms. The van der Waals surface area contributed by atoms with E-state index in [0.717, 1.165) is 32.2 Å². The zero-order valence-electron chi connectivity index (χ0n) is 24.4. The summed E-state index contributed by atoms with van der Waals surface area (Å²) in [6.45, 7) is 10.1. The summed E-state index contributed by atoms with van der Waals surface area (Å²) in [6.07, 6.45) is -3.27. The van der Waals surface area contributed by atoms with Crippen LogP contribution in [0.4, 0.5) is 18.9 Å². The van der Waals surface area contributed by atoms with Gasteiger partial charge in [0.1, 0.15) is 5.75 Å². The number of aliphatic hydroxyl groups excluding tert-OH is 1. The molecule has 4 atom stereocenters. The minimum atomic E-state index is -4.45. The maximum Gasteiger partial charge on any atom is 0.389 e.